The number of halogens is 2. The van der Waals surface area contributed by atoms with Gasteiger partial charge in [0.2, 0.25) is 0 Å². The molecule has 0 atom stereocenters. The molecule has 2 nitrogen and oxygen atoms in total. The van der Waals surface area contributed by atoms with Gasteiger partial charge in [-0.1, -0.05) is 12.1 Å². The Balaban J connectivity index is 2.28. The molecule has 0 bridgehead atoms. The van der Waals surface area contributed by atoms with Crippen LogP contribution in [0.1, 0.15) is 10.4 Å². The fraction of sp³-hybridized carbons (Fsp3) is 0. The number of nitrogens with one attached hydrogen (secondary N) is 1. The summed E-state index contributed by atoms with van der Waals surface area (Å²) in [6, 6.07) is 11.4. The van der Waals surface area contributed by atoms with E-state index in [-0.39, 0.29) is 5.56 Å². The van der Waals surface area contributed by atoms with E-state index in [9.17, 15) is 9.18 Å². The highest BCUT2D eigenvalue weighted by Crippen LogP contribution is 2.19. The Labute approximate surface area is 123 Å². The third kappa shape index (κ3) is 3.02. The van der Waals surface area contributed by atoms with Gasteiger partial charge in [-0.3, -0.25) is 4.79 Å². The van der Waals surface area contributed by atoms with Crippen LogP contribution in [0.2, 0.25) is 0 Å². The number of hydrogen-bond acceptors (Lipinski definition) is 2. The lowest BCUT2D eigenvalue weighted by Gasteiger charge is -2.08. The molecule has 2 aromatic carbocycles. The van der Waals surface area contributed by atoms with Crippen LogP contribution in [0.25, 0.3) is 0 Å². The number of carbonyl (C=O) groups is 1. The van der Waals surface area contributed by atoms with Crippen LogP contribution in [-0.2, 0) is 0 Å². The normalized spacial score (nSPS) is 10.2. The molecule has 0 heterocycles. The van der Waals surface area contributed by atoms with Gasteiger partial charge in [0.1, 0.15) is 5.82 Å². The maximum Gasteiger partial charge on any atom is 0.258 e. The smallest absolute Gasteiger partial charge is 0.258 e. The maximum atomic E-state index is 13.5. The lowest BCUT2D eigenvalue weighted by atomic mass is 10.2. The van der Waals surface area contributed by atoms with Crippen LogP contribution >= 0.6 is 35.2 Å². The van der Waals surface area contributed by atoms with Crippen LogP contribution in [0.4, 0.5) is 10.1 Å². The first-order valence-electron chi connectivity index (χ1n) is 5.12. The van der Waals surface area contributed by atoms with Gasteiger partial charge in [-0.2, -0.15) is 0 Å². The zero-order chi connectivity index (χ0) is 13.1. The van der Waals surface area contributed by atoms with Gasteiger partial charge in [-0.05, 0) is 52.9 Å². The fourth-order valence-corrected chi connectivity index (χ4v) is 2.17. The van der Waals surface area contributed by atoms with Gasteiger partial charge in [0.25, 0.3) is 5.91 Å². The molecule has 0 saturated heterocycles. The summed E-state index contributed by atoms with van der Waals surface area (Å²) in [6.45, 7) is 0. The number of anilines is 1. The Bertz CT molecular complexity index is 603. The average Bonchev–Trinajstić information content (AvgIpc) is 2.35. The average molecular weight is 373 g/mol. The van der Waals surface area contributed by atoms with E-state index in [2.05, 4.69) is 40.5 Å². The molecule has 0 aliphatic rings. The third-order valence-corrected chi connectivity index (χ3v) is 3.54. The van der Waals surface area contributed by atoms with Gasteiger partial charge < -0.3 is 5.32 Å². The Morgan fingerprint density at radius 3 is 2.67 bits per heavy atom. The van der Waals surface area contributed by atoms with Crippen LogP contribution in [0, 0.1) is 9.39 Å². The Hall–Kier alpha value is -1.08. The molecule has 2 aromatic rings. The Morgan fingerprint density at radius 1 is 1.22 bits per heavy atom. The summed E-state index contributed by atoms with van der Waals surface area (Å²) in [5, 5.41) is 2.67. The highest BCUT2D eigenvalue weighted by molar-refractivity contribution is 14.1. The molecule has 0 unspecified atom stereocenters. The molecule has 18 heavy (non-hydrogen) atoms. The van der Waals surface area contributed by atoms with Crippen LogP contribution in [0.5, 0.6) is 0 Å². The molecule has 0 aromatic heterocycles. The molecule has 2 rings (SSSR count). The molecule has 92 valence electrons. The molecule has 0 spiro atoms. The van der Waals surface area contributed by atoms with Gasteiger partial charge in [0.15, 0.2) is 0 Å². The summed E-state index contributed by atoms with van der Waals surface area (Å²) in [5.41, 5.74) is 0.647. The van der Waals surface area contributed by atoms with Crippen molar-refractivity contribution in [2.75, 3.05) is 5.32 Å². The van der Waals surface area contributed by atoms with Gasteiger partial charge >= 0.3 is 0 Å². The van der Waals surface area contributed by atoms with Crippen molar-refractivity contribution < 1.29 is 9.18 Å². The predicted molar refractivity (Wildman–Crippen MR) is 80.8 cm³/mol. The van der Waals surface area contributed by atoms with Crippen molar-refractivity contribution in [2.45, 2.75) is 4.90 Å². The molecule has 0 aliphatic heterocycles. The van der Waals surface area contributed by atoms with E-state index >= 15 is 0 Å². The van der Waals surface area contributed by atoms with Crippen molar-refractivity contribution in [3.8, 4) is 0 Å². The Kier molecular flexibility index (Phi) is 4.23. The van der Waals surface area contributed by atoms with Crippen LogP contribution in [0.15, 0.2) is 47.4 Å². The van der Waals surface area contributed by atoms with Crippen molar-refractivity contribution in [3.05, 3.63) is 57.4 Å². The molecular weight excluding hydrogens is 364 g/mol. The van der Waals surface area contributed by atoms with Crippen LogP contribution in [0.3, 0.4) is 0 Å². The zero-order valence-electron chi connectivity index (χ0n) is 9.15. The van der Waals surface area contributed by atoms with Gasteiger partial charge in [0.05, 0.1) is 11.3 Å². The predicted octanol–water partition coefficient (Wildman–Crippen LogP) is 3.97. The second-order valence-corrected chi connectivity index (χ2v) is 5.28. The zero-order valence-corrected chi connectivity index (χ0v) is 12.2. The molecule has 0 saturated carbocycles. The number of para-hydroxylation sites is 1. The maximum absolute atomic E-state index is 13.5. The summed E-state index contributed by atoms with van der Waals surface area (Å²) in [4.78, 5) is 12.5. The minimum Gasteiger partial charge on any atom is -0.321 e. The van der Waals surface area contributed by atoms with Crippen molar-refractivity contribution in [1.82, 2.24) is 0 Å². The first kappa shape index (κ1) is 13.4. The van der Waals surface area contributed by atoms with Crippen molar-refractivity contribution in [1.29, 1.82) is 0 Å². The topological polar surface area (TPSA) is 29.1 Å². The van der Waals surface area contributed by atoms with Gasteiger partial charge in [-0.15, -0.1) is 12.6 Å². The lowest BCUT2D eigenvalue weighted by Crippen LogP contribution is -2.14. The van der Waals surface area contributed by atoms with Crippen LogP contribution in [-0.4, -0.2) is 5.91 Å². The third-order valence-electron chi connectivity index (χ3n) is 2.32. The summed E-state index contributed by atoms with van der Waals surface area (Å²) >= 11 is 6.20. The van der Waals surface area contributed by atoms with E-state index < -0.39 is 11.7 Å². The van der Waals surface area contributed by atoms with Gasteiger partial charge in [-0.25, -0.2) is 4.39 Å². The van der Waals surface area contributed by atoms with Crippen molar-refractivity contribution >= 4 is 46.8 Å². The number of amides is 1. The number of carbonyl (C=O) groups excluding carboxylic acids is 1. The monoisotopic (exact) mass is 373 g/mol. The fourth-order valence-electron chi connectivity index (χ4n) is 1.44. The summed E-state index contributed by atoms with van der Waals surface area (Å²) < 4.78 is 14.4. The Morgan fingerprint density at radius 2 is 1.94 bits per heavy atom. The highest BCUT2D eigenvalue weighted by Gasteiger charge is 2.13. The first-order valence-corrected chi connectivity index (χ1v) is 6.65. The molecular formula is C13H9FINOS. The number of hydrogen-bond donors (Lipinski definition) is 2. The molecule has 0 aliphatic carbocycles. The van der Waals surface area contributed by atoms with E-state index in [1.165, 1.54) is 18.2 Å². The SMILES string of the molecule is O=C(Nc1ccccc1I)c1cc(S)ccc1F. The summed E-state index contributed by atoms with van der Waals surface area (Å²) in [7, 11) is 0. The minimum atomic E-state index is -0.559. The van der Waals surface area contributed by atoms with E-state index in [0.717, 1.165) is 3.57 Å². The molecule has 0 radical (unpaired) electrons. The molecule has 0 fully saturated rings. The molecule has 5 heteroatoms. The number of thiol groups is 1. The number of benzene rings is 2. The second-order valence-electron chi connectivity index (χ2n) is 3.60. The highest BCUT2D eigenvalue weighted by atomic mass is 127. The van der Waals surface area contributed by atoms with E-state index in [1.807, 2.05) is 18.2 Å². The summed E-state index contributed by atoms with van der Waals surface area (Å²) in [6.07, 6.45) is 0. The van der Waals surface area contributed by atoms with E-state index in [1.54, 1.807) is 6.07 Å². The lowest BCUT2D eigenvalue weighted by molar-refractivity contribution is 0.102. The van der Waals surface area contributed by atoms with Gasteiger partial charge in [0, 0.05) is 8.47 Å². The largest absolute Gasteiger partial charge is 0.321 e. The minimum absolute atomic E-state index is 0.0119. The van der Waals surface area contributed by atoms with Crippen molar-refractivity contribution in [2.24, 2.45) is 0 Å². The van der Waals surface area contributed by atoms with E-state index in [4.69, 9.17) is 0 Å². The standard InChI is InChI=1S/C13H9FINOS/c14-10-6-5-8(18)7-9(10)13(17)16-12-4-2-1-3-11(12)15/h1-7,18H,(H,16,17). The van der Waals surface area contributed by atoms with Crippen molar-refractivity contribution in [3.63, 3.8) is 0 Å². The van der Waals surface area contributed by atoms with Crippen LogP contribution < -0.4 is 5.32 Å². The summed E-state index contributed by atoms with van der Waals surface area (Å²) in [5.74, 6) is -1.04. The quantitative estimate of drug-likeness (QED) is 0.606. The molecule has 1 N–H and O–H groups in total. The number of rotatable bonds is 2. The molecule has 1 amide bonds. The first-order chi connectivity index (χ1) is 8.58. The second kappa shape index (κ2) is 5.71. The van der Waals surface area contributed by atoms with E-state index in [0.29, 0.717) is 10.6 Å².